The van der Waals surface area contributed by atoms with Crippen LogP contribution in [0.3, 0.4) is 0 Å². The first-order chi connectivity index (χ1) is 12.9. The summed E-state index contributed by atoms with van der Waals surface area (Å²) in [7, 11) is 0. The molecular weight excluding hydrogens is 336 g/mol. The van der Waals surface area contributed by atoms with Crippen LogP contribution in [0.15, 0.2) is 0 Å². The van der Waals surface area contributed by atoms with E-state index in [1.165, 1.54) is 57.8 Å². The molecule has 3 heteroatoms. The van der Waals surface area contributed by atoms with Gasteiger partial charge in [0.05, 0.1) is 18.3 Å². The lowest BCUT2D eigenvalue weighted by atomic mass is 10.0. The summed E-state index contributed by atoms with van der Waals surface area (Å²) in [5.74, 6) is 2.40. The first kappa shape index (κ1) is 24.9. The third-order valence-corrected chi connectivity index (χ3v) is 5.27. The minimum Gasteiger partial charge on any atom is -0.378 e. The molecule has 0 bridgehead atoms. The van der Waals surface area contributed by atoms with Gasteiger partial charge in [0.15, 0.2) is 0 Å². The number of hydrogen-bond acceptors (Lipinski definition) is 3. The summed E-state index contributed by atoms with van der Waals surface area (Å²) >= 11 is 0. The predicted octanol–water partition coefficient (Wildman–Crippen LogP) is 6.63. The summed E-state index contributed by atoms with van der Waals surface area (Å²) in [4.78, 5) is 0. The highest BCUT2D eigenvalue weighted by Gasteiger charge is 2.17. The van der Waals surface area contributed by atoms with Crippen LogP contribution in [-0.4, -0.2) is 38.1 Å². The molecule has 3 nitrogen and oxygen atoms in total. The highest BCUT2D eigenvalue weighted by Crippen LogP contribution is 2.20. The van der Waals surface area contributed by atoms with Gasteiger partial charge in [0.25, 0.3) is 0 Å². The van der Waals surface area contributed by atoms with Gasteiger partial charge in [0, 0.05) is 19.8 Å². The van der Waals surface area contributed by atoms with Crippen LogP contribution in [0.2, 0.25) is 0 Å². The van der Waals surface area contributed by atoms with Crippen molar-refractivity contribution in [1.82, 2.24) is 0 Å². The van der Waals surface area contributed by atoms with Crippen LogP contribution in [0.4, 0.5) is 0 Å². The summed E-state index contributed by atoms with van der Waals surface area (Å²) in [5.41, 5.74) is 0. The predicted molar refractivity (Wildman–Crippen MR) is 115 cm³/mol. The van der Waals surface area contributed by atoms with Gasteiger partial charge in [-0.2, -0.15) is 0 Å². The monoisotopic (exact) mass is 384 g/mol. The van der Waals surface area contributed by atoms with Crippen molar-refractivity contribution >= 4 is 0 Å². The fraction of sp³-hybridized carbons (Fsp3) is 1.00. The Balaban J connectivity index is 0.000000202. The maximum absolute atomic E-state index is 5.46. The SMILES string of the molecule is CC(C)CC1CCCO1.CC(C)CC1CCCO1.CC(C)C[C@H]1CCCO1. The maximum Gasteiger partial charge on any atom is 0.0578 e. The standard InChI is InChI=1S/3C8H16O/c3*1-7(2)6-8-4-3-5-9-8/h3*7-8H,3-6H2,1-2H3/t8-;;/m1../s1. The molecule has 3 saturated heterocycles. The second kappa shape index (κ2) is 14.8. The first-order valence-corrected chi connectivity index (χ1v) is 11.7. The molecule has 0 aromatic heterocycles. The highest BCUT2D eigenvalue weighted by atomic mass is 16.5. The molecule has 162 valence electrons. The van der Waals surface area contributed by atoms with Crippen molar-refractivity contribution in [1.29, 1.82) is 0 Å². The lowest BCUT2D eigenvalue weighted by molar-refractivity contribution is 0.0937. The Labute approximate surface area is 169 Å². The minimum absolute atomic E-state index is 0.588. The Bertz CT molecular complexity index is 270. The summed E-state index contributed by atoms with van der Waals surface area (Å²) < 4.78 is 16.4. The zero-order chi connectivity index (χ0) is 20.1. The van der Waals surface area contributed by atoms with E-state index in [9.17, 15) is 0 Å². The molecule has 3 heterocycles. The minimum atomic E-state index is 0.588. The average molecular weight is 385 g/mol. The molecule has 3 aliphatic rings. The average Bonchev–Trinajstić information content (AvgIpc) is 3.30. The van der Waals surface area contributed by atoms with Gasteiger partial charge in [0.2, 0.25) is 0 Å². The molecule has 0 aromatic rings. The van der Waals surface area contributed by atoms with Crippen molar-refractivity contribution in [2.75, 3.05) is 19.8 Å². The Morgan fingerprint density at radius 1 is 0.519 bits per heavy atom. The lowest BCUT2D eigenvalue weighted by Crippen LogP contribution is -2.07. The van der Waals surface area contributed by atoms with Crippen molar-refractivity contribution in [3.63, 3.8) is 0 Å². The molecule has 3 atom stereocenters. The molecule has 0 N–H and O–H groups in total. The summed E-state index contributed by atoms with van der Waals surface area (Å²) in [6.07, 6.45) is 13.2. The van der Waals surface area contributed by atoms with E-state index >= 15 is 0 Å². The van der Waals surface area contributed by atoms with E-state index in [-0.39, 0.29) is 0 Å². The fourth-order valence-corrected chi connectivity index (χ4v) is 4.07. The third-order valence-electron chi connectivity index (χ3n) is 5.27. The molecule has 3 fully saturated rings. The van der Waals surface area contributed by atoms with Crippen LogP contribution in [0.5, 0.6) is 0 Å². The maximum atomic E-state index is 5.46. The van der Waals surface area contributed by atoms with Crippen LogP contribution in [-0.2, 0) is 14.2 Å². The zero-order valence-corrected chi connectivity index (χ0v) is 19.2. The van der Waals surface area contributed by atoms with Crippen molar-refractivity contribution in [3.8, 4) is 0 Å². The van der Waals surface area contributed by atoms with Crippen LogP contribution >= 0.6 is 0 Å². The van der Waals surface area contributed by atoms with Gasteiger partial charge < -0.3 is 14.2 Å². The van der Waals surface area contributed by atoms with Crippen molar-refractivity contribution < 1.29 is 14.2 Å². The van der Waals surface area contributed by atoms with E-state index in [0.29, 0.717) is 18.3 Å². The van der Waals surface area contributed by atoms with Crippen LogP contribution in [0.25, 0.3) is 0 Å². The van der Waals surface area contributed by atoms with Crippen molar-refractivity contribution in [3.05, 3.63) is 0 Å². The summed E-state index contributed by atoms with van der Waals surface area (Å²) in [5, 5.41) is 0. The van der Waals surface area contributed by atoms with Gasteiger partial charge in [-0.1, -0.05) is 41.5 Å². The summed E-state index contributed by atoms with van der Waals surface area (Å²) in [6, 6.07) is 0. The molecule has 0 aromatic carbocycles. The second-order valence-corrected chi connectivity index (χ2v) is 9.79. The van der Waals surface area contributed by atoms with Crippen molar-refractivity contribution in [2.45, 2.75) is 118 Å². The van der Waals surface area contributed by atoms with E-state index < -0.39 is 0 Å². The molecule has 3 rings (SSSR count). The Hall–Kier alpha value is -0.120. The van der Waals surface area contributed by atoms with E-state index in [1.54, 1.807) is 0 Å². The second-order valence-electron chi connectivity index (χ2n) is 9.79. The van der Waals surface area contributed by atoms with Crippen LogP contribution in [0.1, 0.15) is 99.3 Å². The van der Waals surface area contributed by atoms with Crippen LogP contribution < -0.4 is 0 Å². The molecule has 0 amide bonds. The number of rotatable bonds is 6. The Morgan fingerprint density at radius 3 is 0.926 bits per heavy atom. The Morgan fingerprint density at radius 2 is 0.778 bits per heavy atom. The molecule has 0 radical (unpaired) electrons. The fourth-order valence-electron chi connectivity index (χ4n) is 4.07. The molecular formula is C24H48O3. The topological polar surface area (TPSA) is 27.7 Å². The zero-order valence-electron chi connectivity index (χ0n) is 19.2. The van der Waals surface area contributed by atoms with E-state index in [2.05, 4.69) is 41.5 Å². The Kier molecular flexibility index (Phi) is 13.7. The van der Waals surface area contributed by atoms with Gasteiger partial charge in [-0.3, -0.25) is 0 Å². The molecule has 0 spiro atoms. The van der Waals surface area contributed by atoms with E-state index in [1.807, 2.05) is 0 Å². The van der Waals surface area contributed by atoms with Gasteiger partial charge in [-0.25, -0.2) is 0 Å². The molecule has 3 aliphatic heterocycles. The molecule has 0 aliphatic carbocycles. The molecule has 2 unspecified atom stereocenters. The molecule has 0 saturated carbocycles. The van der Waals surface area contributed by atoms with Gasteiger partial charge in [0.1, 0.15) is 0 Å². The van der Waals surface area contributed by atoms with Gasteiger partial charge >= 0.3 is 0 Å². The lowest BCUT2D eigenvalue weighted by Gasteiger charge is -2.10. The molecule has 27 heavy (non-hydrogen) atoms. The highest BCUT2D eigenvalue weighted by molar-refractivity contribution is 4.67. The number of ether oxygens (including phenoxy) is 3. The summed E-state index contributed by atoms with van der Waals surface area (Å²) in [6.45, 7) is 16.5. The quantitative estimate of drug-likeness (QED) is 0.514. The van der Waals surface area contributed by atoms with Crippen molar-refractivity contribution in [2.24, 2.45) is 17.8 Å². The van der Waals surface area contributed by atoms with E-state index in [0.717, 1.165) is 37.6 Å². The number of hydrogen-bond donors (Lipinski definition) is 0. The van der Waals surface area contributed by atoms with E-state index in [4.69, 9.17) is 14.2 Å². The smallest absolute Gasteiger partial charge is 0.0578 e. The largest absolute Gasteiger partial charge is 0.378 e. The van der Waals surface area contributed by atoms with Gasteiger partial charge in [-0.15, -0.1) is 0 Å². The normalized spacial score (nSPS) is 27.7. The first-order valence-electron chi connectivity index (χ1n) is 11.7. The van der Waals surface area contributed by atoms with Gasteiger partial charge in [-0.05, 0) is 75.5 Å². The third kappa shape index (κ3) is 13.7. The van der Waals surface area contributed by atoms with Crippen LogP contribution in [0, 0.1) is 17.8 Å².